The van der Waals surface area contributed by atoms with Crippen LogP contribution in [-0.2, 0) is 0 Å². The van der Waals surface area contributed by atoms with Crippen LogP contribution in [0.5, 0.6) is 0 Å². The van der Waals surface area contributed by atoms with E-state index in [1.807, 2.05) is 4.90 Å². The number of anilines is 2. The number of rotatable bonds is 3. The van der Waals surface area contributed by atoms with Crippen LogP contribution in [0.1, 0.15) is 20.7 Å². The standard InChI is InChI=1S/C21H18F2N4O3/c1-26-19(28)12-4-3-11(7-13(12)20(26)29)24-21(30)25-18-14-8-27(9-15(14)18)17-5-2-10(22)6-16(17)23/h2-7,14-15,18H,8-9H2,1H3,(H2,24,25,30)/t14-,15+,18+. The molecule has 1 saturated heterocycles. The maximum atomic E-state index is 14.0. The van der Waals surface area contributed by atoms with E-state index in [2.05, 4.69) is 10.6 Å². The number of nitrogens with one attached hydrogen (secondary N) is 2. The lowest BCUT2D eigenvalue weighted by atomic mass is 10.1. The predicted molar refractivity (Wildman–Crippen MR) is 104 cm³/mol. The van der Waals surface area contributed by atoms with Gasteiger partial charge in [-0.1, -0.05) is 0 Å². The van der Waals surface area contributed by atoms with E-state index >= 15 is 0 Å². The number of hydrogen-bond acceptors (Lipinski definition) is 4. The first-order valence-electron chi connectivity index (χ1n) is 9.57. The van der Waals surface area contributed by atoms with Crippen molar-refractivity contribution in [1.82, 2.24) is 10.2 Å². The van der Waals surface area contributed by atoms with Crippen LogP contribution in [0.4, 0.5) is 25.0 Å². The molecule has 0 unspecified atom stereocenters. The van der Waals surface area contributed by atoms with Crippen molar-refractivity contribution in [3.63, 3.8) is 0 Å². The van der Waals surface area contributed by atoms with Crippen molar-refractivity contribution in [2.75, 3.05) is 30.4 Å². The van der Waals surface area contributed by atoms with Gasteiger partial charge in [-0.15, -0.1) is 0 Å². The van der Waals surface area contributed by atoms with E-state index in [1.165, 1.54) is 31.3 Å². The van der Waals surface area contributed by atoms with Gasteiger partial charge in [-0.3, -0.25) is 14.5 Å². The molecule has 2 heterocycles. The number of amides is 4. The summed E-state index contributed by atoms with van der Waals surface area (Å²) in [6.07, 6.45) is 0. The maximum Gasteiger partial charge on any atom is 0.319 e. The molecule has 0 aromatic heterocycles. The smallest absolute Gasteiger partial charge is 0.319 e. The largest absolute Gasteiger partial charge is 0.368 e. The van der Waals surface area contributed by atoms with Crippen molar-refractivity contribution in [1.29, 1.82) is 0 Å². The summed E-state index contributed by atoms with van der Waals surface area (Å²) in [5.74, 6) is -1.56. The van der Waals surface area contributed by atoms with Crippen LogP contribution in [0.3, 0.4) is 0 Å². The molecule has 154 valence electrons. The Bertz CT molecular complexity index is 1090. The number of imide groups is 1. The Morgan fingerprint density at radius 3 is 2.40 bits per heavy atom. The lowest BCUT2D eigenvalue weighted by Gasteiger charge is -2.23. The molecule has 0 bridgehead atoms. The van der Waals surface area contributed by atoms with Crippen LogP contribution in [-0.4, -0.2) is 48.9 Å². The first-order chi connectivity index (χ1) is 14.3. The highest BCUT2D eigenvalue weighted by atomic mass is 19.1. The van der Waals surface area contributed by atoms with Gasteiger partial charge in [-0.2, -0.15) is 0 Å². The fourth-order valence-corrected chi connectivity index (χ4v) is 4.43. The highest BCUT2D eigenvalue weighted by Gasteiger charge is 2.56. The molecule has 2 fully saturated rings. The van der Waals surface area contributed by atoms with Crippen molar-refractivity contribution in [3.8, 4) is 0 Å². The van der Waals surface area contributed by atoms with Crippen molar-refractivity contribution in [2.45, 2.75) is 6.04 Å². The Morgan fingerprint density at radius 2 is 1.70 bits per heavy atom. The molecule has 9 heteroatoms. The molecule has 2 N–H and O–H groups in total. The van der Waals surface area contributed by atoms with Crippen LogP contribution in [0.15, 0.2) is 36.4 Å². The summed E-state index contributed by atoms with van der Waals surface area (Å²) < 4.78 is 27.0. The fourth-order valence-electron chi connectivity index (χ4n) is 4.43. The lowest BCUT2D eigenvalue weighted by molar-refractivity contribution is 0.0693. The summed E-state index contributed by atoms with van der Waals surface area (Å²) in [6.45, 7) is 1.17. The molecular formula is C21H18F2N4O3. The summed E-state index contributed by atoms with van der Waals surface area (Å²) in [5, 5.41) is 5.60. The summed E-state index contributed by atoms with van der Waals surface area (Å²) >= 11 is 0. The minimum atomic E-state index is -0.610. The van der Waals surface area contributed by atoms with Crippen LogP contribution in [0, 0.1) is 23.5 Å². The van der Waals surface area contributed by atoms with Gasteiger partial charge in [-0.25, -0.2) is 13.6 Å². The Balaban J connectivity index is 1.18. The van der Waals surface area contributed by atoms with Gasteiger partial charge in [0.1, 0.15) is 11.6 Å². The molecule has 7 nitrogen and oxygen atoms in total. The minimum Gasteiger partial charge on any atom is -0.368 e. The molecule has 3 aliphatic rings. The van der Waals surface area contributed by atoms with E-state index in [1.54, 1.807) is 6.07 Å². The second-order valence-corrected chi connectivity index (χ2v) is 7.88. The normalized spacial score (nSPS) is 24.0. The topological polar surface area (TPSA) is 81.8 Å². The summed E-state index contributed by atoms with van der Waals surface area (Å²) in [5.41, 5.74) is 1.37. The quantitative estimate of drug-likeness (QED) is 0.759. The summed E-state index contributed by atoms with van der Waals surface area (Å²) in [7, 11) is 1.41. The Hall–Kier alpha value is -3.49. The molecule has 0 radical (unpaired) electrons. The van der Waals surface area contributed by atoms with Gasteiger partial charge in [0, 0.05) is 49.8 Å². The summed E-state index contributed by atoms with van der Waals surface area (Å²) in [6, 6.07) is 7.71. The second-order valence-electron chi connectivity index (χ2n) is 7.88. The Kier molecular flexibility index (Phi) is 4.02. The zero-order valence-corrected chi connectivity index (χ0v) is 16.0. The molecule has 30 heavy (non-hydrogen) atoms. The zero-order valence-electron chi connectivity index (χ0n) is 16.0. The molecular weight excluding hydrogens is 394 g/mol. The molecule has 2 aromatic rings. The average molecular weight is 412 g/mol. The van der Waals surface area contributed by atoms with Gasteiger partial charge in [0.25, 0.3) is 11.8 Å². The number of halogens is 2. The molecule has 1 aliphatic carbocycles. The molecule has 5 rings (SSSR count). The first-order valence-corrected chi connectivity index (χ1v) is 9.57. The average Bonchev–Trinajstić information content (AvgIpc) is 3.05. The monoisotopic (exact) mass is 412 g/mol. The van der Waals surface area contributed by atoms with Gasteiger partial charge in [0.15, 0.2) is 0 Å². The Morgan fingerprint density at radius 1 is 1.00 bits per heavy atom. The van der Waals surface area contributed by atoms with E-state index in [9.17, 15) is 23.2 Å². The predicted octanol–water partition coefficient (Wildman–Crippen LogP) is 2.45. The third-order valence-electron chi connectivity index (χ3n) is 6.09. The van der Waals surface area contributed by atoms with E-state index in [0.29, 0.717) is 30.0 Å². The van der Waals surface area contributed by atoms with Crippen LogP contribution >= 0.6 is 0 Å². The molecule has 0 spiro atoms. The third kappa shape index (κ3) is 2.89. The highest BCUT2D eigenvalue weighted by molar-refractivity contribution is 6.21. The number of benzene rings is 2. The van der Waals surface area contributed by atoms with E-state index < -0.39 is 23.6 Å². The summed E-state index contributed by atoms with van der Waals surface area (Å²) in [4.78, 5) is 39.3. The van der Waals surface area contributed by atoms with Gasteiger partial charge in [0.2, 0.25) is 0 Å². The number of piperidine rings is 1. The first kappa shape index (κ1) is 18.5. The zero-order chi connectivity index (χ0) is 21.2. The van der Waals surface area contributed by atoms with Crippen molar-refractivity contribution < 1.29 is 23.2 Å². The number of carbonyl (C=O) groups excluding carboxylic acids is 3. The Labute approximate surface area is 170 Å². The molecule has 2 aliphatic heterocycles. The molecule has 4 amide bonds. The highest BCUT2D eigenvalue weighted by Crippen LogP contribution is 2.47. The van der Waals surface area contributed by atoms with E-state index in [-0.39, 0.29) is 29.3 Å². The van der Waals surface area contributed by atoms with Gasteiger partial charge in [-0.05, 0) is 30.3 Å². The maximum absolute atomic E-state index is 14.0. The van der Waals surface area contributed by atoms with E-state index in [4.69, 9.17) is 0 Å². The van der Waals surface area contributed by atoms with Crippen molar-refractivity contribution in [2.24, 2.45) is 11.8 Å². The minimum absolute atomic E-state index is 0.0199. The van der Waals surface area contributed by atoms with Gasteiger partial charge in [0.05, 0.1) is 16.8 Å². The van der Waals surface area contributed by atoms with Gasteiger partial charge < -0.3 is 15.5 Å². The SMILES string of the molecule is CN1C(=O)c2ccc(NC(=O)N[C@H]3[C@@H]4CN(c5ccc(F)cc5F)C[C@@H]43)cc2C1=O. The van der Waals surface area contributed by atoms with Crippen molar-refractivity contribution >= 4 is 29.2 Å². The van der Waals surface area contributed by atoms with Crippen LogP contribution in [0.25, 0.3) is 0 Å². The van der Waals surface area contributed by atoms with Crippen LogP contribution < -0.4 is 15.5 Å². The fraction of sp³-hybridized carbons (Fsp3) is 0.286. The number of hydrogen-bond donors (Lipinski definition) is 2. The number of fused-ring (bicyclic) bond motifs is 2. The second kappa shape index (κ2) is 6.51. The van der Waals surface area contributed by atoms with Gasteiger partial charge >= 0.3 is 6.03 Å². The number of nitrogens with zero attached hydrogens (tertiary/aromatic N) is 2. The molecule has 1 saturated carbocycles. The van der Waals surface area contributed by atoms with Crippen molar-refractivity contribution in [3.05, 3.63) is 59.2 Å². The van der Waals surface area contributed by atoms with Crippen LogP contribution in [0.2, 0.25) is 0 Å². The third-order valence-corrected chi connectivity index (χ3v) is 6.09. The number of urea groups is 1. The van der Waals surface area contributed by atoms with E-state index in [0.717, 1.165) is 11.0 Å². The lowest BCUT2D eigenvalue weighted by Crippen LogP contribution is -2.37. The number of carbonyl (C=O) groups is 3. The molecule has 3 atom stereocenters. The molecule has 2 aromatic carbocycles.